The Balaban J connectivity index is 3.14. The largest absolute Gasteiger partial charge is 0.469 e. The lowest BCUT2D eigenvalue weighted by molar-refractivity contribution is -0.141. The van der Waals surface area contributed by atoms with Gasteiger partial charge in [-0.05, 0) is 6.42 Å². The lowest BCUT2D eigenvalue weighted by atomic mass is 10.0. The van der Waals surface area contributed by atoms with Gasteiger partial charge in [0.2, 0.25) is 0 Å². The molecule has 0 spiro atoms. The molecule has 0 aliphatic rings. The van der Waals surface area contributed by atoms with Crippen molar-refractivity contribution in [2.45, 2.75) is 96.4 Å². The van der Waals surface area contributed by atoms with Crippen LogP contribution >= 0.6 is 0 Å². The number of methoxy groups -OCH3 is 1. The predicted molar refractivity (Wildman–Crippen MR) is 85.7 cm³/mol. The van der Waals surface area contributed by atoms with Crippen molar-refractivity contribution in [3.05, 3.63) is 0 Å². The number of ether oxygens (including phenoxy) is 1. The molecule has 0 aromatic carbocycles. The second-order valence-electron chi connectivity index (χ2n) is 5.86. The molecule has 1 atom stereocenters. The van der Waals surface area contributed by atoms with Crippen LogP contribution in [0.4, 0.5) is 0 Å². The van der Waals surface area contributed by atoms with Crippen LogP contribution in [0.3, 0.4) is 0 Å². The molecule has 0 unspecified atom stereocenters. The molecule has 0 rings (SSSR count). The third-order valence-corrected chi connectivity index (χ3v) is 3.83. The van der Waals surface area contributed by atoms with Gasteiger partial charge >= 0.3 is 5.97 Å². The van der Waals surface area contributed by atoms with Crippen LogP contribution in [0.25, 0.3) is 0 Å². The van der Waals surface area contributed by atoms with E-state index >= 15 is 0 Å². The first kappa shape index (κ1) is 19.4. The van der Waals surface area contributed by atoms with E-state index in [4.69, 9.17) is 5.73 Å². The number of esters is 1. The first-order valence-corrected chi connectivity index (χ1v) is 8.53. The van der Waals surface area contributed by atoms with Crippen molar-refractivity contribution in [3.63, 3.8) is 0 Å². The number of hydrogen-bond donors (Lipinski definition) is 1. The second-order valence-corrected chi connectivity index (χ2v) is 5.86. The van der Waals surface area contributed by atoms with Crippen molar-refractivity contribution in [2.24, 2.45) is 5.73 Å². The van der Waals surface area contributed by atoms with E-state index in [9.17, 15) is 4.79 Å². The summed E-state index contributed by atoms with van der Waals surface area (Å²) in [5, 5.41) is 0. The van der Waals surface area contributed by atoms with Crippen molar-refractivity contribution in [2.75, 3.05) is 7.11 Å². The van der Waals surface area contributed by atoms with Crippen molar-refractivity contribution >= 4 is 5.97 Å². The maximum absolute atomic E-state index is 11.0. The average Bonchev–Trinajstić information content (AvgIpc) is 2.44. The Hall–Kier alpha value is -0.570. The van der Waals surface area contributed by atoms with Gasteiger partial charge in [0, 0.05) is 6.04 Å². The number of nitrogens with two attached hydrogens (primary N) is 1. The Labute approximate surface area is 125 Å². The summed E-state index contributed by atoms with van der Waals surface area (Å²) in [7, 11) is 1.41. The number of carbonyl (C=O) groups excluding carboxylic acids is 1. The van der Waals surface area contributed by atoms with Crippen LogP contribution in [-0.2, 0) is 9.53 Å². The zero-order valence-corrected chi connectivity index (χ0v) is 13.7. The Morgan fingerprint density at radius 2 is 1.35 bits per heavy atom. The fourth-order valence-electron chi connectivity index (χ4n) is 2.47. The Morgan fingerprint density at radius 1 is 0.900 bits per heavy atom. The van der Waals surface area contributed by atoms with Crippen molar-refractivity contribution in [1.29, 1.82) is 0 Å². The van der Waals surface area contributed by atoms with Crippen LogP contribution in [0.5, 0.6) is 0 Å². The Bertz CT molecular complexity index is 219. The highest BCUT2D eigenvalue weighted by Gasteiger charge is 2.08. The molecule has 0 aliphatic carbocycles. The topological polar surface area (TPSA) is 52.3 Å². The minimum absolute atomic E-state index is 0.0268. The van der Waals surface area contributed by atoms with Gasteiger partial charge in [-0.3, -0.25) is 4.79 Å². The third-order valence-electron chi connectivity index (χ3n) is 3.83. The van der Waals surface area contributed by atoms with Gasteiger partial charge in [-0.1, -0.05) is 77.6 Å². The van der Waals surface area contributed by atoms with Crippen LogP contribution in [-0.4, -0.2) is 19.1 Å². The van der Waals surface area contributed by atoms with Gasteiger partial charge in [-0.25, -0.2) is 0 Å². The fraction of sp³-hybridized carbons (Fsp3) is 0.941. The van der Waals surface area contributed by atoms with E-state index in [0.29, 0.717) is 6.42 Å². The molecule has 0 heterocycles. The molecule has 2 N–H and O–H groups in total. The highest BCUT2D eigenvalue weighted by molar-refractivity contribution is 5.69. The molecule has 0 bridgehead atoms. The minimum atomic E-state index is -0.194. The van der Waals surface area contributed by atoms with Crippen LogP contribution in [0.2, 0.25) is 0 Å². The molecule has 0 saturated heterocycles. The van der Waals surface area contributed by atoms with Gasteiger partial charge < -0.3 is 10.5 Å². The standard InChI is InChI=1S/C17H35NO2/c1-3-4-5-6-7-8-9-10-11-12-13-14-16(18)15-17(19)20-2/h16H,3-15,18H2,1-2H3/t16-/m1/s1. The molecule has 3 nitrogen and oxygen atoms in total. The molecule has 0 saturated carbocycles. The lowest BCUT2D eigenvalue weighted by Crippen LogP contribution is -2.24. The van der Waals surface area contributed by atoms with Gasteiger partial charge in [0.25, 0.3) is 0 Å². The van der Waals surface area contributed by atoms with E-state index in [1.54, 1.807) is 0 Å². The highest BCUT2D eigenvalue weighted by atomic mass is 16.5. The van der Waals surface area contributed by atoms with Gasteiger partial charge in [0.1, 0.15) is 0 Å². The van der Waals surface area contributed by atoms with E-state index in [-0.39, 0.29) is 12.0 Å². The smallest absolute Gasteiger partial charge is 0.307 e. The summed E-state index contributed by atoms with van der Waals surface area (Å²) in [6.45, 7) is 2.26. The van der Waals surface area contributed by atoms with E-state index in [2.05, 4.69) is 11.7 Å². The molecule has 120 valence electrons. The molecule has 0 radical (unpaired) electrons. The van der Waals surface area contributed by atoms with E-state index < -0.39 is 0 Å². The monoisotopic (exact) mass is 285 g/mol. The number of unbranched alkanes of at least 4 members (excludes halogenated alkanes) is 10. The summed E-state index contributed by atoms with van der Waals surface area (Å²) in [5.41, 5.74) is 5.87. The lowest BCUT2D eigenvalue weighted by Gasteiger charge is -2.09. The van der Waals surface area contributed by atoms with Gasteiger partial charge in [0.05, 0.1) is 13.5 Å². The first-order valence-electron chi connectivity index (χ1n) is 8.53. The van der Waals surface area contributed by atoms with E-state index in [0.717, 1.165) is 12.8 Å². The normalized spacial score (nSPS) is 12.3. The Kier molecular flexibility index (Phi) is 14.4. The summed E-state index contributed by atoms with van der Waals surface area (Å²) < 4.78 is 4.61. The van der Waals surface area contributed by atoms with Crippen LogP contribution < -0.4 is 5.73 Å². The van der Waals surface area contributed by atoms with Crippen LogP contribution in [0.15, 0.2) is 0 Å². The van der Waals surface area contributed by atoms with Gasteiger partial charge in [-0.15, -0.1) is 0 Å². The van der Waals surface area contributed by atoms with E-state index in [1.165, 1.54) is 71.3 Å². The van der Waals surface area contributed by atoms with Crippen molar-refractivity contribution in [1.82, 2.24) is 0 Å². The number of carbonyl (C=O) groups is 1. The van der Waals surface area contributed by atoms with Crippen molar-refractivity contribution in [3.8, 4) is 0 Å². The average molecular weight is 285 g/mol. The predicted octanol–water partition coefficient (Wildman–Crippen LogP) is 4.58. The van der Waals surface area contributed by atoms with E-state index in [1.807, 2.05) is 0 Å². The quantitative estimate of drug-likeness (QED) is 0.375. The summed E-state index contributed by atoms with van der Waals surface area (Å²) in [6, 6.07) is -0.0268. The molecule has 20 heavy (non-hydrogen) atoms. The van der Waals surface area contributed by atoms with Crippen LogP contribution in [0.1, 0.15) is 90.4 Å². The fourth-order valence-corrected chi connectivity index (χ4v) is 2.47. The third kappa shape index (κ3) is 13.9. The summed E-state index contributed by atoms with van der Waals surface area (Å²) >= 11 is 0. The molecule has 0 aromatic heterocycles. The molecular weight excluding hydrogens is 250 g/mol. The second kappa shape index (κ2) is 14.8. The Morgan fingerprint density at radius 3 is 1.80 bits per heavy atom. The first-order chi connectivity index (χ1) is 9.70. The highest BCUT2D eigenvalue weighted by Crippen LogP contribution is 2.12. The van der Waals surface area contributed by atoms with Crippen LogP contribution in [0, 0.1) is 0 Å². The van der Waals surface area contributed by atoms with Gasteiger partial charge in [0.15, 0.2) is 0 Å². The maximum Gasteiger partial charge on any atom is 0.307 e. The molecular formula is C17H35NO2. The molecule has 0 aromatic rings. The number of rotatable bonds is 14. The summed E-state index contributed by atoms with van der Waals surface area (Å²) in [5.74, 6) is -0.194. The number of hydrogen-bond acceptors (Lipinski definition) is 3. The summed E-state index contributed by atoms with van der Waals surface area (Å²) in [4.78, 5) is 11.0. The molecule has 0 fully saturated rings. The SMILES string of the molecule is CCCCCCCCCCCCC[C@@H](N)CC(=O)OC. The molecule has 0 amide bonds. The van der Waals surface area contributed by atoms with Crippen molar-refractivity contribution < 1.29 is 9.53 Å². The minimum Gasteiger partial charge on any atom is -0.469 e. The molecule has 3 heteroatoms. The molecule has 0 aliphatic heterocycles. The maximum atomic E-state index is 11.0. The van der Waals surface area contributed by atoms with Gasteiger partial charge in [-0.2, -0.15) is 0 Å². The zero-order valence-electron chi connectivity index (χ0n) is 13.7. The summed E-state index contributed by atoms with van der Waals surface area (Å²) in [6.07, 6.45) is 16.0. The zero-order chi connectivity index (χ0) is 15.1.